The summed E-state index contributed by atoms with van der Waals surface area (Å²) in [6.45, 7) is 0.0984. The molecule has 186 valence electrons. The lowest BCUT2D eigenvalue weighted by molar-refractivity contribution is -0.113. The monoisotopic (exact) mass is 568 g/mol. The summed E-state index contributed by atoms with van der Waals surface area (Å²) in [5.41, 5.74) is 1.21. The maximum atomic E-state index is 13.1. The highest BCUT2D eigenvalue weighted by molar-refractivity contribution is 7.99. The normalized spacial score (nSPS) is 11.0. The summed E-state index contributed by atoms with van der Waals surface area (Å²) in [5.74, 6) is 0.0864. The van der Waals surface area contributed by atoms with Gasteiger partial charge >= 0.3 is 0 Å². The highest BCUT2D eigenvalue weighted by atomic mass is 35.5. The summed E-state index contributed by atoms with van der Waals surface area (Å²) in [4.78, 5) is 29.5. The van der Waals surface area contributed by atoms with E-state index in [9.17, 15) is 9.59 Å². The standard InChI is InChI=1S/C25H18Cl2N6O2S2/c26-19-9-8-16(12-20(19)27)33-21(31-32-25(33)37-14-22(34)30-24-28-10-11-36-24)13-29-23(35)18-7-3-5-15-4-1-2-6-17(15)18/h1-12H,13-14H2,(H,29,35)(H,28,30,34). The van der Waals surface area contributed by atoms with Crippen LogP contribution in [-0.4, -0.2) is 37.3 Å². The summed E-state index contributed by atoms with van der Waals surface area (Å²) < 4.78 is 1.74. The molecule has 5 rings (SSSR count). The molecule has 0 aliphatic carbocycles. The number of halogens is 2. The number of thiazole rings is 1. The predicted octanol–water partition coefficient (Wildman–Crippen LogP) is 5.84. The van der Waals surface area contributed by atoms with Gasteiger partial charge < -0.3 is 10.6 Å². The maximum absolute atomic E-state index is 13.1. The summed E-state index contributed by atoms with van der Waals surface area (Å²) >= 11 is 14.9. The van der Waals surface area contributed by atoms with Gasteiger partial charge in [-0.1, -0.05) is 71.4 Å². The number of amides is 2. The van der Waals surface area contributed by atoms with Crippen molar-refractivity contribution in [2.75, 3.05) is 11.1 Å². The van der Waals surface area contributed by atoms with Crippen LogP contribution in [0.2, 0.25) is 10.0 Å². The van der Waals surface area contributed by atoms with Gasteiger partial charge in [0, 0.05) is 17.1 Å². The first-order valence-electron chi connectivity index (χ1n) is 11.0. The number of nitrogens with one attached hydrogen (secondary N) is 2. The largest absolute Gasteiger partial charge is 0.345 e. The molecule has 5 aromatic rings. The average molecular weight is 569 g/mol. The van der Waals surface area contributed by atoms with Gasteiger partial charge in [0.1, 0.15) is 0 Å². The molecular formula is C25H18Cl2N6O2S2. The van der Waals surface area contributed by atoms with E-state index in [1.165, 1.54) is 23.1 Å². The van der Waals surface area contributed by atoms with E-state index in [-0.39, 0.29) is 24.1 Å². The maximum Gasteiger partial charge on any atom is 0.252 e. The smallest absolute Gasteiger partial charge is 0.252 e. The Labute approximate surface area is 230 Å². The number of nitrogens with zero attached hydrogens (tertiary/aromatic N) is 4. The Balaban J connectivity index is 1.38. The molecule has 2 amide bonds. The van der Waals surface area contributed by atoms with Crippen molar-refractivity contribution >= 4 is 74.0 Å². The number of fused-ring (bicyclic) bond motifs is 1. The summed E-state index contributed by atoms with van der Waals surface area (Å²) in [7, 11) is 0. The van der Waals surface area contributed by atoms with Gasteiger partial charge in [-0.25, -0.2) is 4.98 Å². The first-order chi connectivity index (χ1) is 18.0. The first-order valence-corrected chi connectivity index (χ1v) is 13.6. The lowest BCUT2D eigenvalue weighted by Crippen LogP contribution is -2.25. The lowest BCUT2D eigenvalue weighted by Gasteiger charge is -2.12. The quantitative estimate of drug-likeness (QED) is 0.228. The molecule has 0 bridgehead atoms. The van der Waals surface area contributed by atoms with E-state index in [0.717, 1.165) is 10.8 Å². The van der Waals surface area contributed by atoms with E-state index in [1.54, 1.807) is 40.4 Å². The van der Waals surface area contributed by atoms with Crippen molar-refractivity contribution in [3.05, 3.63) is 93.7 Å². The van der Waals surface area contributed by atoms with Crippen molar-refractivity contribution in [3.63, 3.8) is 0 Å². The Morgan fingerprint density at radius 3 is 2.65 bits per heavy atom. The Kier molecular flexibility index (Phi) is 7.71. The minimum absolute atomic E-state index is 0.0847. The van der Waals surface area contributed by atoms with Crippen LogP contribution >= 0.6 is 46.3 Å². The fraction of sp³-hybridized carbons (Fsp3) is 0.0800. The third-order valence-electron chi connectivity index (χ3n) is 5.31. The summed E-state index contributed by atoms with van der Waals surface area (Å²) in [5, 5.41) is 19.6. The number of benzene rings is 3. The number of thioether (sulfide) groups is 1. The number of anilines is 1. The Hall–Kier alpha value is -3.44. The van der Waals surface area contributed by atoms with Gasteiger partial charge in [0.25, 0.3) is 5.91 Å². The van der Waals surface area contributed by atoms with Crippen LogP contribution in [0.3, 0.4) is 0 Å². The molecule has 0 aliphatic rings. The summed E-state index contributed by atoms with van der Waals surface area (Å²) in [6, 6.07) is 18.4. The van der Waals surface area contributed by atoms with E-state index in [2.05, 4.69) is 25.8 Å². The van der Waals surface area contributed by atoms with Crippen molar-refractivity contribution < 1.29 is 9.59 Å². The number of carbonyl (C=O) groups is 2. The van der Waals surface area contributed by atoms with Crippen molar-refractivity contribution in [1.82, 2.24) is 25.1 Å². The molecule has 0 aliphatic heterocycles. The molecular weight excluding hydrogens is 551 g/mol. The lowest BCUT2D eigenvalue weighted by atomic mass is 10.0. The van der Waals surface area contributed by atoms with Crippen molar-refractivity contribution in [2.45, 2.75) is 11.7 Å². The second-order valence-electron chi connectivity index (χ2n) is 7.72. The van der Waals surface area contributed by atoms with E-state index >= 15 is 0 Å². The zero-order chi connectivity index (χ0) is 25.8. The van der Waals surface area contributed by atoms with Gasteiger partial charge in [-0.15, -0.1) is 21.5 Å². The molecule has 3 aromatic carbocycles. The van der Waals surface area contributed by atoms with Crippen LogP contribution < -0.4 is 10.6 Å². The molecule has 12 heteroatoms. The van der Waals surface area contributed by atoms with E-state index in [0.29, 0.717) is 37.4 Å². The molecule has 0 saturated carbocycles. The third kappa shape index (κ3) is 5.78. The Morgan fingerprint density at radius 1 is 1.00 bits per heavy atom. The fourth-order valence-electron chi connectivity index (χ4n) is 3.64. The second-order valence-corrected chi connectivity index (χ2v) is 10.4. The van der Waals surface area contributed by atoms with Crippen molar-refractivity contribution in [3.8, 4) is 5.69 Å². The van der Waals surface area contributed by atoms with Crippen LogP contribution in [0.1, 0.15) is 16.2 Å². The SMILES string of the molecule is O=C(CSc1nnc(CNC(=O)c2cccc3ccccc23)n1-c1ccc(Cl)c(Cl)c1)Nc1nccs1. The van der Waals surface area contributed by atoms with Crippen LogP contribution in [0, 0.1) is 0 Å². The van der Waals surface area contributed by atoms with Crippen LogP contribution in [0.25, 0.3) is 16.5 Å². The molecule has 0 saturated heterocycles. The van der Waals surface area contributed by atoms with Gasteiger partial charge in [0.15, 0.2) is 16.1 Å². The molecule has 2 aromatic heterocycles. The van der Waals surface area contributed by atoms with Gasteiger partial charge in [0.05, 0.1) is 28.0 Å². The molecule has 0 atom stereocenters. The van der Waals surface area contributed by atoms with Gasteiger partial charge in [0.2, 0.25) is 5.91 Å². The number of hydrogen-bond donors (Lipinski definition) is 2. The minimum atomic E-state index is -0.238. The highest BCUT2D eigenvalue weighted by Crippen LogP contribution is 2.28. The van der Waals surface area contributed by atoms with E-state index in [1.807, 2.05) is 36.4 Å². The molecule has 0 fully saturated rings. The molecule has 0 radical (unpaired) electrons. The highest BCUT2D eigenvalue weighted by Gasteiger charge is 2.19. The van der Waals surface area contributed by atoms with E-state index in [4.69, 9.17) is 23.2 Å². The Bertz CT molecular complexity index is 1580. The number of aromatic nitrogens is 4. The van der Waals surface area contributed by atoms with Crippen molar-refractivity contribution in [2.24, 2.45) is 0 Å². The number of hydrogen-bond acceptors (Lipinski definition) is 7. The predicted molar refractivity (Wildman–Crippen MR) is 148 cm³/mol. The number of rotatable bonds is 8. The molecule has 37 heavy (non-hydrogen) atoms. The van der Waals surface area contributed by atoms with Crippen LogP contribution in [0.15, 0.2) is 77.4 Å². The zero-order valence-corrected chi connectivity index (χ0v) is 22.2. The molecule has 2 heterocycles. The molecule has 0 spiro atoms. The van der Waals surface area contributed by atoms with Gasteiger partial charge in [-0.05, 0) is 35.0 Å². The van der Waals surface area contributed by atoms with Crippen molar-refractivity contribution in [1.29, 1.82) is 0 Å². The minimum Gasteiger partial charge on any atom is -0.345 e. The first kappa shape index (κ1) is 25.2. The Morgan fingerprint density at radius 2 is 1.84 bits per heavy atom. The van der Waals surface area contributed by atoms with Gasteiger partial charge in [-0.3, -0.25) is 14.2 Å². The van der Waals surface area contributed by atoms with Crippen LogP contribution in [-0.2, 0) is 11.3 Å². The number of carbonyl (C=O) groups excluding carboxylic acids is 2. The zero-order valence-electron chi connectivity index (χ0n) is 19.0. The molecule has 8 nitrogen and oxygen atoms in total. The fourth-order valence-corrected chi connectivity index (χ4v) is 5.25. The second kappa shape index (κ2) is 11.3. The third-order valence-corrected chi connectivity index (χ3v) is 7.67. The van der Waals surface area contributed by atoms with Crippen LogP contribution in [0.5, 0.6) is 0 Å². The van der Waals surface area contributed by atoms with Crippen LogP contribution in [0.4, 0.5) is 5.13 Å². The average Bonchev–Trinajstić information content (AvgIpc) is 3.57. The van der Waals surface area contributed by atoms with E-state index < -0.39 is 0 Å². The topological polar surface area (TPSA) is 102 Å². The van der Waals surface area contributed by atoms with Gasteiger partial charge in [-0.2, -0.15) is 0 Å². The molecule has 0 unspecified atom stereocenters. The molecule has 2 N–H and O–H groups in total. The summed E-state index contributed by atoms with van der Waals surface area (Å²) in [6.07, 6.45) is 1.62.